The van der Waals surface area contributed by atoms with Gasteiger partial charge in [0.1, 0.15) is 0 Å². The van der Waals surface area contributed by atoms with Gasteiger partial charge in [0, 0.05) is 30.4 Å². The number of amides is 1. The predicted molar refractivity (Wildman–Crippen MR) is 120 cm³/mol. The highest BCUT2D eigenvalue weighted by Gasteiger charge is 2.28. The van der Waals surface area contributed by atoms with Crippen LogP contribution < -0.4 is 10.9 Å². The molecule has 0 saturated heterocycles. The smallest absolute Gasteiger partial charge is 0.261 e. The van der Waals surface area contributed by atoms with Gasteiger partial charge in [0.2, 0.25) is 0 Å². The van der Waals surface area contributed by atoms with Crippen molar-refractivity contribution in [3.8, 4) is 11.3 Å². The van der Waals surface area contributed by atoms with Crippen molar-refractivity contribution in [2.75, 3.05) is 0 Å². The van der Waals surface area contributed by atoms with Crippen LogP contribution in [-0.2, 0) is 13.6 Å². The molecule has 8 heteroatoms. The van der Waals surface area contributed by atoms with Gasteiger partial charge in [-0.25, -0.2) is 4.98 Å². The van der Waals surface area contributed by atoms with E-state index in [-0.39, 0.29) is 23.6 Å². The van der Waals surface area contributed by atoms with E-state index in [4.69, 9.17) is 0 Å². The Bertz CT molecular complexity index is 1370. The van der Waals surface area contributed by atoms with Gasteiger partial charge in [-0.3, -0.25) is 18.8 Å². The maximum absolute atomic E-state index is 13.0. The van der Waals surface area contributed by atoms with Crippen molar-refractivity contribution in [1.29, 1.82) is 0 Å². The molecular formula is C24H23N5O3. The standard InChI is InChI=1S/C24H23N5O3/c1-28-22(7-8-26-28)16-5-6-20-21(10-16)25-14-29(24(20)32)13-15-3-2-4-17(9-15)23(31)27-18-11-19(30)12-18/h2-10,14,18-19,30H,11-13H2,1H3,(H,27,31)/t18-,19+. The maximum atomic E-state index is 13.0. The highest BCUT2D eigenvalue weighted by molar-refractivity contribution is 5.94. The van der Waals surface area contributed by atoms with Crippen molar-refractivity contribution in [3.05, 3.63) is 82.5 Å². The van der Waals surface area contributed by atoms with E-state index in [0.29, 0.717) is 35.9 Å². The summed E-state index contributed by atoms with van der Waals surface area (Å²) in [6, 6.07) is 14.7. The topological polar surface area (TPSA) is 102 Å². The first-order valence-electron chi connectivity index (χ1n) is 10.5. The van der Waals surface area contributed by atoms with E-state index in [2.05, 4.69) is 15.4 Å². The van der Waals surface area contributed by atoms with Crippen LogP contribution >= 0.6 is 0 Å². The zero-order valence-electron chi connectivity index (χ0n) is 17.6. The minimum absolute atomic E-state index is 0.0182. The molecule has 32 heavy (non-hydrogen) atoms. The van der Waals surface area contributed by atoms with Crippen molar-refractivity contribution in [3.63, 3.8) is 0 Å². The number of aryl methyl sites for hydroxylation is 1. The van der Waals surface area contributed by atoms with Crippen LogP contribution in [0, 0.1) is 0 Å². The summed E-state index contributed by atoms with van der Waals surface area (Å²) in [5.41, 5.74) is 3.75. The number of aromatic nitrogens is 4. The quantitative estimate of drug-likeness (QED) is 0.506. The normalized spacial score (nSPS) is 17.8. The van der Waals surface area contributed by atoms with E-state index in [0.717, 1.165) is 16.8 Å². The molecule has 0 atom stereocenters. The number of aliphatic hydroxyl groups excluding tert-OH is 1. The van der Waals surface area contributed by atoms with Crippen molar-refractivity contribution < 1.29 is 9.90 Å². The number of carbonyl (C=O) groups excluding carboxylic acids is 1. The molecule has 2 heterocycles. The van der Waals surface area contributed by atoms with E-state index < -0.39 is 0 Å². The summed E-state index contributed by atoms with van der Waals surface area (Å²) < 4.78 is 3.32. The molecule has 1 aliphatic carbocycles. The van der Waals surface area contributed by atoms with E-state index in [9.17, 15) is 14.7 Å². The fourth-order valence-corrected chi connectivity index (χ4v) is 4.07. The molecule has 0 spiro atoms. The molecule has 2 N–H and O–H groups in total. The summed E-state index contributed by atoms with van der Waals surface area (Å²) in [6.45, 7) is 0.314. The minimum atomic E-state index is -0.320. The molecule has 162 valence electrons. The van der Waals surface area contributed by atoms with Gasteiger partial charge in [-0.2, -0.15) is 5.10 Å². The number of fused-ring (bicyclic) bond motifs is 1. The van der Waals surface area contributed by atoms with Crippen LogP contribution in [0.4, 0.5) is 0 Å². The fraction of sp³-hybridized carbons (Fsp3) is 0.250. The predicted octanol–water partition coefficient (Wildman–Crippen LogP) is 2.10. The second-order valence-electron chi connectivity index (χ2n) is 8.25. The number of hydrogen-bond donors (Lipinski definition) is 2. The Hall–Kier alpha value is -3.78. The van der Waals surface area contributed by atoms with Crippen molar-refractivity contribution in [1.82, 2.24) is 24.6 Å². The third kappa shape index (κ3) is 3.80. The summed E-state index contributed by atoms with van der Waals surface area (Å²) in [7, 11) is 1.87. The summed E-state index contributed by atoms with van der Waals surface area (Å²) in [5, 5.41) is 17.0. The first-order chi connectivity index (χ1) is 15.5. The monoisotopic (exact) mass is 429 g/mol. The Kier molecular flexibility index (Phi) is 5.07. The molecule has 1 amide bonds. The number of benzene rings is 2. The van der Waals surface area contributed by atoms with E-state index in [1.807, 2.05) is 31.3 Å². The van der Waals surface area contributed by atoms with Crippen LogP contribution in [0.25, 0.3) is 22.2 Å². The highest BCUT2D eigenvalue weighted by Crippen LogP contribution is 2.22. The Morgan fingerprint density at radius 1 is 1.19 bits per heavy atom. The molecule has 8 nitrogen and oxygen atoms in total. The van der Waals surface area contributed by atoms with E-state index in [1.54, 1.807) is 46.0 Å². The molecule has 2 aromatic heterocycles. The molecule has 1 fully saturated rings. The van der Waals surface area contributed by atoms with Gasteiger partial charge >= 0.3 is 0 Å². The highest BCUT2D eigenvalue weighted by atomic mass is 16.3. The molecule has 4 aromatic rings. The first kappa shape index (κ1) is 20.1. The lowest BCUT2D eigenvalue weighted by Crippen LogP contribution is -2.46. The SMILES string of the molecule is Cn1nccc1-c1ccc2c(=O)n(Cc3cccc(C(=O)N[C@H]4C[C@@H](O)C4)c3)cnc2c1. The number of nitrogens with zero attached hydrogens (tertiary/aromatic N) is 4. The van der Waals surface area contributed by atoms with Crippen LogP contribution in [0.3, 0.4) is 0 Å². The van der Waals surface area contributed by atoms with Crippen LogP contribution in [0.2, 0.25) is 0 Å². The average Bonchev–Trinajstić information content (AvgIpc) is 3.20. The molecule has 0 aliphatic heterocycles. The average molecular weight is 429 g/mol. The van der Waals surface area contributed by atoms with Gasteiger partial charge in [0.05, 0.1) is 35.6 Å². The zero-order chi connectivity index (χ0) is 22.2. The van der Waals surface area contributed by atoms with Gasteiger partial charge in [0.15, 0.2) is 0 Å². The number of aliphatic hydroxyl groups is 1. The summed E-state index contributed by atoms with van der Waals surface area (Å²) >= 11 is 0. The summed E-state index contributed by atoms with van der Waals surface area (Å²) in [5.74, 6) is -0.171. The Morgan fingerprint density at radius 3 is 2.78 bits per heavy atom. The lowest BCUT2D eigenvalue weighted by Gasteiger charge is -2.31. The number of rotatable bonds is 5. The zero-order valence-corrected chi connectivity index (χ0v) is 17.6. The molecule has 0 unspecified atom stereocenters. The van der Waals surface area contributed by atoms with Gasteiger partial charge in [0.25, 0.3) is 11.5 Å². The van der Waals surface area contributed by atoms with Crippen LogP contribution in [0.5, 0.6) is 0 Å². The lowest BCUT2D eigenvalue weighted by atomic mass is 9.89. The maximum Gasteiger partial charge on any atom is 0.261 e. The molecule has 2 aromatic carbocycles. The first-order valence-corrected chi connectivity index (χ1v) is 10.5. The molecule has 1 aliphatic rings. The Labute approximate surface area is 184 Å². The number of hydrogen-bond acceptors (Lipinski definition) is 5. The van der Waals surface area contributed by atoms with Crippen LogP contribution in [0.15, 0.2) is 65.8 Å². The third-order valence-electron chi connectivity index (χ3n) is 5.93. The van der Waals surface area contributed by atoms with E-state index in [1.165, 1.54) is 0 Å². The molecule has 1 saturated carbocycles. The number of nitrogens with one attached hydrogen (secondary N) is 1. The summed E-state index contributed by atoms with van der Waals surface area (Å²) in [4.78, 5) is 30.0. The van der Waals surface area contributed by atoms with Gasteiger partial charge in [-0.05, 0) is 48.7 Å². The third-order valence-corrected chi connectivity index (χ3v) is 5.93. The molecule has 0 bridgehead atoms. The summed E-state index contributed by atoms with van der Waals surface area (Å²) in [6.07, 6.45) is 4.13. The van der Waals surface area contributed by atoms with Gasteiger partial charge in [-0.15, -0.1) is 0 Å². The van der Waals surface area contributed by atoms with Crippen molar-refractivity contribution >= 4 is 16.8 Å². The van der Waals surface area contributed by atoms with Gasteiger partial charge in [-0.1, -0.05) is 18.2 Å². The lowest BCUT2D eigenvalue weighted by molar-refractivity contribution is 0.0562. The fourth-order valence-electron chi connectivity index (χ4n) is 4.07. The molecule has 0 radical (unpaired) electrons. The van der Waals surface area contributed by atoms with Crippen LogP contribution in [-0.4, -0.2) is 42.5 Å². The molecular weight excluding hydrogens is 406 g/mol. The van der Waals surface area contributed by atoms with Gasteiger partial charge < -0.3 is 10.4 Å². The van der Waals surface area contributed by atoms with Crippen molar-refractivity contribution in [2.45, 2.75) is 31.5 Å². The molecule has 5 rings (SSSR count). The van der Waals surface area contributed by atoms with Crippen LogP contribution in [0.1, 0.15) is 28.8 Å². The second kappa shape index (κ2) is 8.05. The second-order valence-corrected chi connectivity index (χ2v) is 8.25. The van der Waals surface area contributed by atoms with E-state index >= 15 is 0 Å². The van der Waals surface area contributed by atoms with Crippen molar-refractivity contribution in [2.24, 2.45) is 7.05 Å². The Balaban J connectivity index is 1.38. The largest absolute Gasteiger partial charge is 0.393 e. The number of carbonyl (C=O) groups is 1. The minimum Gasteiger partial charge on any atom is -0.393 e. The Morgan fingerprint density at radius 2 is 2.03 bits per heavy atom.